The van der Waals surface area contributed by atoms with E-state index in [0.29, 0.717) is 12.8 Å². The first kappa shape index (κ1) is 43.3. The Morgan fingerprint density at radius 1 is 0.556 bits per heavy atom. The Morgan fingerprint density at radius 2 is 0.978 bits per heavy atom. The number of hydrogen-bond donors (Lipinski definition) is 4. The number of aliphatic hydroxyl groups excluding tert-OH is 3. The monoisotopic (exact) mass is 632 g/mol. The van der Waals surface area contributed by atoms with Crippen molar-refractivity contribution in [1.29, 1.82) is 0 Å². The van der Waals surface area contributed by atoms with Crippen LogP contribution in [0.2, 0.25) is 0 Å². The molecule has 0 aromatic rings. The first-order chi connectivity index (χ1) is 22.1. The van der Waals surface area contributed by atoms with Gasteiger partial charge in [-0.15, -0.1) is 0 Å². The maximum Gasteiger partial charge on any atom is 0.220 e. The van der Waals surface area contributed by atoms with Gasteiger partial charge < -0.3 is 20.6 Å². The van der Waals surface area contributed by atoms with Crippen molar-refractivity contribution in [1.82, 2.24) is 5.32 Å². The number of carbonyl (C=O) groups is 1. The first-order valence-electron chi connectivity index (χ1n) is 18.9. The van der Waals surface area contributed by atoms with Gasteiger partial charge in [0.15, 0.2) is 0 Å². The predicted octanol–water partition coefficient (Wildman–Crippen LogP) is 10.2. The van der Waals surface area contributed by atoms with E-state index in [1.54, 1.807) is 0 Å². The van der Waals surface area contributed by atoms with Crippen molar-refractivity contribution < 1.29 is 20.1 Å². The number of allylic oxidation sites excluding steroid dienone is 8. The fourth-order valence-corrected chi connectivity index (χ4v) is 5.40. The van der Waals surface area contributed by atoms with Crippen LogP contribution < -0.4 is 5.32 Å². The van der Waals surface area contributed by atoms with E-state index in [9.17, 15) is 20.1 Å². The second kappa shape index (κ2) is 35.2. The van der Waals surface area contributed by atoms with Crippen molar-refractivity contribution in [3.8, 4) is 0 Å². The van der Waals surface area contributed by atoms with Crippen molar-refractivity contribution in [2.24, 2.45) is 0 Å². The number of nitrogens with one attached hydrogen (secondary N) is 1. The molecule has 4 N–H and O–H groups in total. The van der Waals surface area contributed by atoms with Crippen LogP contribution in [0.15, 0.2) is 48.6 Å². The van der Waals surface area contributed by atoms with Crippen molar-refractivity contribution in [2.45, 2.75) is 193 Å². The van der Waals surface area contributed by atoms with E-state index in [1.807, 2.05) is 0 Å². The second-order valence-corrected chi connectivity index (χ2v) is 12.8. The highest BCUT2D eigenvalue weighted by Crippen LogP contribution is 2.12. The highest BCUT2D eigenvalue weighted by atomic mass is 16.3. The molecule has 0 bridgehead atoms. The summed E-state index contributed by atoms with van der Waals surface area (Å²) in [6.07, 6.45) is 43.4. The summed E-state index contributed by atoms with van der Waals surface area (Å²) in [5.74, 6) is -0.174. The lowest BCUT2D eigenvalue weighted by Gasteiger charge is -2.26. The van der Waals surface area contributed by atoms with Gasteiger partial charge in [0, 0.05) is 6.42 Å². The third kappa shape index (κ3) is 30.7. The Bertz CT molecular complexity index is 745. The fraction of sp³-hybridized carbons (Fsp3) is 0.775. The average Bonchev–Trinajstić information content (AvgIpc) is 3.04. The van der Waals surface area contributed by atoms with Gasteiger partial charge in [-0.25, -0.2) is 0 Å². The number of rotatable bonds is 33. The lowest BCUT2D eigenvalue weighted by molar-refractivity contribution is -0.124. The van der Waals surface area contributed by atoms with Gasteiger partial charge >= 0.3 is 0 Å². The zero-order chi connectivity index (χ0) is 33.1. The molecular formula is C40H73NO4. The van der Waals surface area contributed by atoms with Gasteiger partial charge in [-0.1, -0.05) is 140 Å². The van der Waals surface area contributed by atoms with Crippen LogP contribution in [0.3, 0.4) is 0 Å². The van der Waals surface area contributed by atoms with E-state index in [4.69, 9.17) is 0 Å². The third-order valence-electron chi connectivity index (χ3n) is 8.41. The van der Waals surface area contributed by atoms with Gasteiger partial charge in [0.1, 0.15) is 6.10 Å². The molecule has 0 rings (SSSR count). The summed E-state index contributed by atoms with van der Waals surface area (Å²) in [6.45, 7) is 4.10. The molecule has 0 aromatic carbocycles. The average molecular weight is 632 g/mol. The molecule has 45 heavy (non-hydrogen) atoms. The first-order valence-corrected chi connectivity index (χ1v) is 18.9. The summed E-state index contributed by atoms with van der Waals surface area (Å²) in [5.41, 5.74) is 0. The van der Waals surface area contributed by atoms with Crippen molar-refractivity contribution >= 4 is 5.91 Å². The lowest BCUT2D eigenvalue weighted by Crippen LogP contribution is -2.50. The van der Waals surface area contributed by atoms with E-state index >= 15 is 0 Å². The van der Waals surface area contributed by atoms with E-state index < -0.39 is 18.2 Å². The number of hydrogen-bond acceptors (Lipinski definition) is 4. The molecule has 0 saturated carbocycles. The van der Waals surface area contributed by atoms with Gasteiger partial charge in [-0.3, -0.25) is 4.79 Å². The number of carbonyl (C=O) groups excluding carboxylic acids is 1. The number of amides is 1. The Morgan fingerprint density at radius 3 is 1.53 bits per heavy atom. The normalized spacial score (nSPS) is 14.3. The van der Waals surface area contributed by atoms with Gasteiger partial charge in [-0.2, -0.15) is 0 Å². The van der Waals surface area contributed by atoms with Gasteiger partial charge in [-0.05, 0) is 77.0 Å². The molecular weight excluding hydrogens is 558 g/mol. The van der Waals surface area contributed by atoms with Crippen LogP contribution in [0.1, 0.15) is 174 Å². The van der Waals surface area contributed by atoms with Crippen LogP contribution in [0.5, 0.6) is 0 Å². The number of aliphatic hydroxyl groups is 3. The second-order valence-electron chi connectivity index (χ2n) is 12.8. The lowest BCUT2D eigenvalue weighted by atomic mass is 10.0. The Kier molecular flexibility index (Phi) is 33.8. The Balaban J connectivity index is 3.80. The SMILES string of the molecule is CCCCC/C=C\C=C/CCCCCCCCC(=O)NC(CO)C(O)C(O)CCC/C=C/CC/C=C/CCCCCCCCC. The quantitative estimate of drug-likeness (QED) is 0.0330. The standard InChI is InChI=1S/C40H73NO4/c1-3-5-7-9-11-13-15-17-19-21-22-24-26-28-30-32-34-38(43)40(45)37(36-42)41-39(44)35-33-31-29-27-25-23-20-18-16-14-12-10-8-6-4-2/h12,14,16,18-19,21,26,28,37-38,40,42-43,45H,3-11,13,15,17,20,22-25,27,29-36H2,1-2H3,(H,41,44)/b14-12-,18-16-,21-19+,28-26+. The van der Waals surface area contributed by atoms with Crippen molar-refractivity contribution in [3.63, 3.8) is 0 Å². The molecule has 0 aliphatic heterocycles. The highest BCUT2D eigenvalue weighted by Gasteiger charge is 2.26. The molecule has 3 atom stereocenters. The van der Waals surface area contributed by atoms with Gasteiger partial charge in [0.2, 0.25) is 5.91 Å². The van der Waals surface area contributed by atoms with E-state index in [-0.39, 0.29) is 12.5 Å². The zero-order valence-electron chi connectivity index (χ0n) is 29.5. The highest BCUT2D eigenvalue weighted by molar-refractivity contribution is 5.76. The summed E-state index contributed by atoms with van der Waals surface area (Å²) < 4.78 is 0. The minimum Gasteiger partial charge on any atom is -0.394 e. The van der Waals surface area contributed by atoms with Crippen LogP contribution >= 0.6 is 0 Å². The third-order valence-corrected chi connectivity index (χ3v) is 8.41. The van der Waals surface area contributed by atoms with E-state index in [0.717, 1.165) is 51.4 Å². The molecule has 0 radical (unpaired) electrons. The predicted molar refractivity (Wildman–Crippen MR) is 194 cm³/mol. The van der Waals surface area contributed by atoms with Crippen molar-refractivity contribution in [3.05, 3.63) is 48.6 Å². The summed E-state index contributed by atoms with van der Waals surface area (Å²) in [6, 6.07) is -0.838. The van der Waals surface area contributed by atoms with Crippen molar-refractivity contribution in [2.75, 3.05) is 6.61 Å². The molecule has 3 unspecified atom stereocenters. The largest absolute Gasteiger partial charge is 0.394 e. The molecule has 262 valence electrons. The Hall–Kier alpha value is -1.69. The van der Waals surface area contributed by atoms with Crippen LogP contribution in [-0.4, -0.2) is 46.1 Å². The summed E-state index contributed by atoms with van der Waals surface area (Å²) in [4.78, 5) is 12.3. The van der Waals surface area contributed by atoms with E-state index in [2.05, 4.69) is 67.8 Å². The molecule has 0 spiro atoms. The molecule has 0 saturated heterocycles. The maximum absolute atomic E-state index is 12.3. The summed E-state index contributed by atoms with van der Waals surface area (Å²) in [5, 5.41) is 33.3. The topological polar surface area (TPSA) is 89.8 Å². The van der Waals surface area contributed by atoms with Crippen LogP contribution in [0.4, 0.5) is 0 Å². The molecule has 0 aliphatic carbocycles. The molecule has 0 fully saturated rings. The minimum absolute atomic E-state index is 0.174. The minimum atomic E-state index is -1.17. The van der Waals surface area contributed by atoms with Crippen LogP contribution in [0, 0.1) is 0 Å². The molecule has 5 heteroatoms. The molecule has 5 nitrogen and oxygen atoms in total. The Labute approximate surface area is 278 Å². The smallest absolute Gasteiger partial charge is 0.220 e. The molecule has 0 heterocycles. The summed E-state index contributed by atoms with van der Waals surface area (Å²) in [7, 11) is 0. The molecule has 0 aliphatic rings. The zero-order valence-corrected chi connectivity index (χ0v) is 29.5. The summed E-state index contributed by atoms with van der Waals surface area (Å²) >= 11 is 0. The molecule has 0 aromatic heterocycles. The van der Waals surface area contributed by atoms with Gasteiger partial charge in [0.05, 0.1) is 18.8 Å². The van der Waals surface area contributed by atoms with Crippen LogP contribution in [0.25, 0.3) is 0 Å². The fourth-order valence-electron chi connectivity index (χ4n) is 5.40. The maximum atomic E-state index is 12.3. The van der Waals surface area contributed by atoms with Gasteiger partial charge in [0.25, 0.3) is 0 Å². The van der Waals surface area contributed by atoms with Crippen LogP contribution in [-0.2, 0) is 4.79 Å². The number of unbranched alkanes of at least 4 members (excludes halogenated alkanes) is 18. The van der Waals surface area contributed by atoms with E-state index in [1.165, 1.54) is 96.3 Å². The molecule has 1 amide bonds.